The molecule has 0 radical (unpaired) electrons. The number of hydrogen-bond acceptors (Lipinski definition) is 2. The van der Waals surface area contributed by atoms with E-state index in [0.29, 0.717) is 18.3 Å². The number of nitrogens with zero attached hydrogens (tertiary/aromatic N) is 1. The summed E-state index contributed by atoms with van der Waals surface area (Å²) in [5.41, 5.74) is 10.7. The Balaban J connectivity index is 3.37. The topological polar surface area (TPSA) is 64.4 Å². The van der Waals surface area contributed by atoms with Gasteiger partial charge in [-0.05, 0) is 19.4 Å². The van der Waals surface area contributed by atoms with Gasteiger partial charge in [-0.1, -0.05) is 6.92 Å². The molecule has 1 unspecified atom stereocenters. The molecule has 0 aliphatic rings. The predicted molar refractivity (Wildman–Crippen MR) is 40.4 cm³/mol. The molecule has 0 fully saturated rings. The first-order chi connectivity index (χ1) is 4.16. The monoisotopic (exact) mass is 129 g/mol. The molecule has 0 aromatic heterocycles. The maximum absolute atomic E-state index is 5.35. The van der Waals surface area contributed by atoms with Gasteiger partial charge in [-0.15, -0.1) is 0 Å². The average molecular weight is 129 g/mol. The van der Waals surface area contributed by atoms with Crippen molar-refractivity contribution in [2.24, 2.45) is 22.4 Å². The van der Waals surface area contributed by atoms with Gasteiger partial charge in [0.25, 0.3) is 0 Å². The summed E-state index contributed by atoms with van der Waals surface area (Å²) in [6.07, 6.45) is 0. The van der Waals surface area contributed by atoms with Crippen LogP contribution in [0.1, 0.15) is 13.8 Å². The van der Waals surface area contributed by atoms with Crippen molar-refractivity contribution in [1.82, 2.24) is 0 Å². The molecule has 3 nitrogen and oxygen atoms in total. The summed E-state index contributed by atoms with van der Waals surface area (Å²) in [5.74, 6) is 1.08. The van der Waals surface area contributed by atoms with Gasteiger partial charge in [-0.3, -0.25) is 4.99 Å². The molecule has 0 aromatic rings. The number of nitrogens with two attached hydrogens (primary N) is 2. The summed E-state index contributed by atoms with van der Waals surface area (Å²) >= 11 is 0. The summed E-state index contributed by atoms with van der Waals surface area (Å²) in [6.45, 7) is 5.26. The van der Waals surface area contributed by atoms with Gasteiger partial charge in [0.05, 0.1) is 5.84 Å². The first kappa shape index (κ1) is 8.43. The van der Waals surface area contributed by atoms with E-state index in [1.807, 2.05) is 6.92 Å². The summed E-state index contributed by atoms with van der Waals surface area (Å²) in [7, 11) is 0. The number of amidine groups is 1. The lowest BCUT2D eigenvalue weighted by Gasteiger charge is -2.02. The van der Waals surface area contributed by atoms with E-state index in [9.17, 15) is 0 Å². The van der Waals surface area contributed by atoms with E-state index in [1.165, 1.54) is 0 Å². The quantitative estimate of drug-likeness (QED) is 0.415. The lowest BCUT2D eigenvalue weighted by Crippen LogP contribution is -2.16. The Hall–Kier alpha value is -0.570. The molecule has 9 heavy (non-hydrogen) atoms. The standard InChI is InChI=1S/C6H15N3/c1-5(3-7)4-9-6(2)8/h5H,3-4,7H2,1-2H3,(H2,8,9). The first-order valence-corrected chi connectivity index (χ1v) is 3.13. The normalized spacial score (nSPS) is 15.7. The van der Waals surface area contributed by atoms with Crippen molar-refractivity contribution < 1.29 is 0 Å². The maximum atomic E-state index is 5.35. The molecule has 0 saturated heterocycles. The van der Waals surface area contributed by atoms with Crippen molar-refractivity contribution in [1.29, 1.82) is 0 Å². The lowest BCUT2D eigenvalue weighted by atomic mass is 10.2. The van der Waals surface area contributed by atoms with Gasteiger partial charge in [-0.2, -0.15) is 0 Å². The molecule has 0 spiro atoms. The third-order valence-electron chi connectivity index (χ3n) is 1.05. The Kier molecular flexibility index (Phi) is 4.05. The second kappa shape index (κ2) is 4.32. The average Bonchev–Trinajstić information content (AvgIpc) is 1.83. The highest BCUT2D eigenvalue weighted by Gasteiger charge is 1.94. The van der Waals surface area contributed by atoms with Crippen LogP contribution >= 0.6 is 0 Å². The van der Waals surface area contributed by atoms with Crippen LogP contribution in [0.25, 0.3) is 0 Å². The largest absolute Gasteiger partial charge is 0.388 e. The van der Waals surface area contributed by atoms with Crippen LogP contribution in [0, 0.1) is 5.92 Å². The third-order valence-corrected chi connectivity index (χ3v) is 1.05. The minimum atomic E-state index is 0.448. The molecular formula is C6H15N3. The number of rotatable bonds is 3. The minimum Gasteiger partial charge on any atom is -0.388 e. The molecule has 1 atom stereocenters. The van der Waals surface area contributed by atoms with E-state index in [-0.39, 0.29) is 0 Å². The zero-order chi connectivity index (χ0) is 7.28. The van der Waals surface area contributed by atoms with Gasteiger partial charge in [0.1, 0.15) is 0 Å². The van der Waals surface area contributed by atoms with Gasteiger partial charge in [0.2, 0.25) is 0 Å². The van der Waals surface area contributed by atoms with E-state index in [0.717, 1.165) is 6.54 Å². The van der Waals surface area contributed by atoms with E-state index in [1.54, 1.807) is 6.92 Å². The van der Waals surface area contributed by atoms with Crippen LogP contribution in [0.2, 0.25) is 0 Å². The summed E-state index contributed by atoms with van der Waals surface area (Å²) in [4.78, 5) is 4.01. The Labute approximate surface area is 56.1 Å². The van der Waals surface area contributed by atoms with Gasteiger partial charge >= 0.3 is 0 Å². The zero-order valence-electron chi connectivity index (χ0n) is 6.09. The zero-order valence-corrected chi connectivity index (χ0v) is 6.09. The molecule has 0 aliphatic carbocycles. The Morgan fingerprint density at radius 1 is 1.67 bits per heavy atom. The molecule has 54 valence electrons. The fourth-order valence-corrected chi connectivity index (χ4v) is 0.374. The highest BCUT2D eigenvalue weighted by Crippen LogP contribution is 1.90. The van der Waals surface area contributed by atoms with Gasteiger partial charge in [-0.25, -0.2) is 0 Å². The van der Waals surface area contributed by atoms with Crippen LogP contribution in [0.3, 0.4) is 0 Å². The number of hydrogen-bond donors (Lipinski definition) is 2. The van der Waals surface area contributed by atoms with Crippen LogP contribution in [-0.4, -0.2) is 18.9 Å². The fraction of sp³-hybridized carbons (Fsp3) is 0.833. The minimum absolute atomic E-state index is 0.448. The molecule has 0 bridgehead atoms. The van der Waals surface area contributed by atoms with Crippen LogP contribution in [-0.2, 0) is 0 Å². The highest BCUT2D eigenvalue weighted by atomic mass is 14.8. The van der Waals surface area contributed by atoms with E-state index >= 15 is 0 Å². The summed E-state index contributed by atoms with van der Waals surface area (Å²) < 4.78 is 0. The summed E-state index contributed by atoms with van der Waals surface area (Å²) in [5, 5.41) is 0. The van der Waals surface area contributed by atoms with Crippen LogP contribution in [0.15, 0.2) is 4.99 Å². The first-order valence-electron chi connectivity index (χ1n) is 3.13. The second-order valence-corrected chi connectivity index (χ2v) is 2.32. The third kappa shape index (κ3) is 5.30. The molecule has 0 rings (SSSR count). The summed E-state index contributed by atoms with van der Waals surface area (Å²) in [6, 6.07) is 0. The predicted octanol–water partition coefficient (Wildman–Crippen LogP) is -0.0417. The van der Waals surface area contributed by atoms with E-state index < -0.39 is 0 Å². The van der Waals surface area contributed by atoms with E-state index in [2.05, 4.69) is 4.99 Å². The van der Waals surface area contributed by atoms with Crippen molar-refractivity contribution in [3.63, 3.8) is 0 Å². The van der Waals surface area contributed by atoms with Gasteiger partial charge in [0.15, 0.2) is 0 Å². The molecule has 0 heterocycles. The molecule has 0 aliphatic heterocycles. The number of aliphatic imine (C=N–C) groups is 1. The van der Waals surface area contributed by atoms with Crippen molar-refractivity contribution in [3.8, 4) is 0 Å². The lowest BCUT2D eigenvalue weighted by molar-refractivity contribution is 0.609. The van der Waals surface area contributed by atoms with Crippen LogP contribution in [0.4, 0.5) is 0 Å². The fourth-order valence-electron chi connectivity index (χ4n) is 0.374. The maximum Gasteiger partial charge on any atom is 0.0905 e. The van der Waals surface area contributed by atoms with Crippen molar-refractivity contribution in [2.45, 2.75) is 13.8 Å². The van der Waals surface area contributed by atoms with Crippen molar-refractivity contribution in [3.05, 3.63) is 0 Å². The van der Waals surface area contributed by atoms with Crippen LogP contribution < -0.4 is 11.5 Å². The van der Waals surface area contributed by atoms with Gasteiger partial charge in [0, 0.05) is 6.54 Å². The van der Waals surface area contributed by atoms with Crippen LogP contribution in [0.5, 0.6) is 0 Å². The van der Waals surface area contributed by atoms with Gasteiger partial charge < -0.3 is 11.5 Å². The van der Waals surface area contributed by atoms with Crippen molar-refractivity contribution in [2.75, 3.05) is 13.1 Å². The highest BCUT2D eigenvalue weighted by molar-refractivity contribution is 5.77. The Bertz CT molecular complexity index is 94.5. The SMILES string of the molecule is CC(N)=NCC(C)CN. The Morgan fingerprint density at radius 2 is 2.22 bits per heavy atom. The van der Waals surface area contributed by atoms with Crippen molar-refractivity contribution >= 4 is 5.84 Å². The molecule has 3 heteroatoms. The molecule has 0 aromatic carbocycles. The molecule has 0 amide bonds. The molecule has 4 N–H and O–H groups in total. The smallest absolute Gasteiger partial charge is 0.0905 e. The Morgan fingerprint density at radius 3 is 2.56 bits per heavy atom. The molecular weight excluding hydrogens is 114 g/mol. The molecule has 0 saturated carbocycles. The second-order valence-electron chi connectivity index (χ2n) is 2.32. The van der Waals surface area contributed by atoms with E-state index in [4.69, 9.17) is 11.5 Å².